The van der Waals surface area contributed by atoms with Crippen LogP contribution in [0.1, 0.15) is 5.56 Å². The van der Waals surface area contributed by atoms with Crippen molar-refractivity contribution in [2.75, 3.05) is 0 Å². The average molecular weight is 278 g/mol. The Morgan fingerprint density at radius 2 is 1.22 bits per heavy atom. The third-order valence-electron chi connectivity index (χ3n) is 2.16. The summed E-state index contributed by atoms with van der Waals surface area (Å²) in [5, 5.41) is 0. The lowest BCUT2D eigenvalue weighted by atomic mass is 9.98. The van der Waals surface area contributed by atoms with E-state index in [0.29, 0.717) is 12.1 Å². The Hall–Kier alpha value is -1.34. The molecule has 0 amide bonds. The van der Waals surface area contributed by atoms with Crippen molar-refractivity contribution in [3.63, 3.8) is 0 Å². The molecule has 0 N–H and O–H groups in total. The van der Waals surface area contributed by atoms with E-state index >= 15 is 0 Å². The van der Waals surface area contributed by atoms with Crippen molar-refractivity contribution < 1.29 is 35.1 Å². The standard InChI is InChI=1S/C10H6F8/c11-7(10(16,17)18)9(14,15)8(12,13)6-4-2-1-3-5-6/h1-5,7H. The van der Waals surface area contributed by atoms with Gasteiger partial charge in [-0.1, -0.05) is 30.3 Å². The molecular formula is C10H6F8. The summed E-state index contributed by atoms with van der Waals surface area (Å²) in [6.45, 7) is 0. The van der Waals surface area contributed by atoms with E-state index in [9.17, 15) is 35.1 Å². The molecule has 1 unspecified atom stereocenters. The summed E-state index contributed by atoms with van der Waals surface area (Å²) >= 11 is 0. The second-order valence-corrected chi connectivity index (χ2v) is 3.47. The first kappa shape index (κ1) is 14.7. The highest BCUT2D eigenvalue weighted by molar-refractivity contribution is 5.23. The van der Waals surface area contributed by atoms with Crippen molar-refractivity contribution in [1.29, 1.82) is 0 Å². The van der Waals surface area contributed by atoms with Gasteiger partial charge in [-0.25, -0.2) is 4.39 Å². The van der Waals surface area contributed by atoms with Crippen molar-refractivity contribution in [2.24, 2.45) is 0 Å². The highest BCUT2D eigenvalue weighted by Crippen LogP contribution is 2.49. The molecule has 1 aromatic rings. The normalized spacial score (nSPS) is 15.6. The van der Waals surface area contributed by atoms with Crippen LogP contribution in [-0.4, -0.2) is 18.3 Å². The molecule has 0 aliphatic heterocycles. The predicted octanol–water partition coefficient (Wildman–Crippen LogP) is 4.31. The van der Waals surface area contributed by atoms with Crippen molar-refractivity contribution in [1.82, 2.24) is 0 Å². The molecule has 0 aliphatic carbocycles. The topological polar surface area (TPSA) is 0 Å². The van der Waals surface area contributed by atoms with Crippen LogP contribution in [-0.2, 0) is 5.92 Å². The minimum Gasteiger partial charge on any atom is -0.230 e. The molecule has 102 valence electrons. The number of hydrogen-bond donors (Lipinski definition) is 0. The molecule has 0 bridgehead atoms. The van der Waals surface area contributed by atoms with E-state index in [2.05, 4.69) is 0 Å². The third-order valence-corrected chi connectivity index (χ3v) is 2.16. The minimum absolute atomic E-state index is 0.497. The summed E-state index contributed by atoms with van der Waals surface area (Å²) in [5.74, 6) is -11.1. The van der Waals surface area contributed by atoms with Gasteiger partial charge in [-0.05, 0) is 0 Å². The third kappa shape index (κ3) is 2.41. The van der Waals surface area contributed by atoms with Gasteiger partial charge in [0.05, 0.1) is 0 Å². The number of rotatable bonds is 3. The Balaban J connectivity index is 3.19. The lowest BCUT2D eigenvalue weighted by Crippen LogP contribution is -2.51. The molecule has 1 rings (SSSR count). The highest BCUT2D eigenvalue weighted by Gasteiger charge is 2.70. The van der Waals surface area contributed by atoms with E-state index < -0.39 is 29.8 Å². The number of hydrogen-bond acceptors (Lipinski definition) is 0. The summed E-state index contributed by atoms with van der Waals surface area (Å²) in [4.78, 5) is 0. The number of alkyl halides is 8. The van der Waals surface area contributed by atoms with Gasteiger partial charge >= 0.3 is 18.0 Å². The molecule has 0 fully saturated rings. The quantitative estimate of drug-likeness (QED) is 0.722. The molecule has 1 aromatic carbocycles. The number of benzene rings is 1. The monoisotopic (exact) mass is 278 g/mol. The fourth-order valence-electron chi connectivity index (χ4n) is 1.20. The van der Waals surface area contributed by atoms with Gasteiger partial charge in [0, 0.05) is 5.56 Å². The van der Waals surface area contributed by atoms with Crippen LogP contribution in [0.3, 0.4) is 0 Å². The van der Waals surface area contributed by atoms with Crippen molar-refractivity contribution in [3.05, 3.63) is 35.9 Å². The van der Waals surface area contributed by atoms with Gasteiger partial charge in [0.15, 0.2) is 0 Å². The molecule has 0 nitrogen and oxygen atoms in total. The van der Waals surface area contributed by atoms with Gasteiger partial charge in [-0.3, -0.25) is 0 Å². The summed E-state index contributed by atoms with van der Waals surface area (Å²) in [5.41, 5.74) is -1.39. The SMILES string of the molecule is FC(C(F)(F)F)C(F)(F)C(F)(F)c1ccccc1. The first-order valence-electron chi connectivity index (χ1n) is 4.53. The van der Waals surface area contributed by atoms with Crippen LogP contribution in [0.4, 0.5) is 35.1 Å². The summed E-state index contributed by atoms with van der Waals surface area (Å²) < 4.78 is 100. The Kier molecular flexibility index (Phi) is 3.60. The van der Waals surface area contributed by atoms with E-state index in [-0.39, 0.29) is 0 Å². The van der Waals surface area contributed by atoms with E-state index in [1.54, 1.807) is 0 Å². The van der Waals surface area contributed by atoms with Gasteiger partial charge < -0.3 is 0 Å². The van der Waals surface area contributed by atoms with Crippen molar-refractivity contribution in [2.45, 2.75) is 24.2 Å². The van der Waals surface area contributed by atoms with Crippen LogP contribution in [0.25, 0.3) is 0 Å². The average Bonchev–Trinajstić information content (AvgIpc) is 2.27. The summed E-state index contributed by atoms with van der Waals surface area (Å²) in [7, 11) is 0. The molecule has 0 radical (unpaired) electrons. The Bertz CT molecular complexity index is 394. The van der Waals surface area contributed by atoms with E-state index in [4.69, 9.17) is 0 Å². The lowest BCUT2D eigenvalue weighted by molar-refractivity contribution is -0.310. The largest absolute Gasteiger partial charge is 0.425 e. The van der Waals surface area contributed by atoms with Crippen LogP contribution in [0.15, 0.2) is 30.3 Å². The van der Waals surface area contributed by atoms with Crippen LogP contribution in [0, 0.1) is 0 Å². The van der Waals surface area contributed by atoms with Crippen molar-refractivity contribution >= 4 is 0 Å². The molecule has 0 aromatic heterocycles. The second kappa shape index (κ2) is 4.40. The molecule has 0 heterocycles. The minimum atomic E-state index is -6.07. The van der Waals surface area contributed by atoms with Crippen LogP contribution < -0.4 is 0 Å². The summed E-state index contributed by atoms with van der Waals surface area (Å²) in [6, 6.07) is 4.06. The fraction of sp³-hybridized carbons (Fsp3) is 0.400. The van der Waals surface area contributed by atoms with Gasteiger partial charge in [0.2, 0.25) is 0 Å². The maximum atomic E-state index is 13.2. The van der Waals surface area contributed by atoms with Gasteiger partial charge in [0.1, 0.15) is 0 Å². The zero-order valence-electron chi connectivity index (χ0n) is 8.49. The fourth-order valence-corrected chi connectivity index (χ4v) is 1.20. The molecule has 0 aliphatic rings. The van der Waals surface area contributed by atoms with E-state index in [1.165, 1.54) is 6.07 Å². The van der Waals surface area contributed by atoms with Crippen LogP contribution >= 0.6 is 0 Å². The maximum absolute atomic E-state index is 13.2. The smallest absolute Gasteiger partial charge is 0.230 e. The molecule has 18 heavy (non-hydrogen) atoms. The first-order valence-corrected chi connectivity index (χ1v) is 4.53. The molecule has 8 heteroatoms. The zero-order chi connectivity index (χ0) is 14.2. The van der Waals surface area contributed by atoms with E-state index in [0.717, 1.165) is 12.1 Å². The number of halogens is 8. The van der Waals surface area contributed by atoms with E-state index in [1.807, 2.05) is 0 Å². The van der Waals surface area contributed by atoms with Crippen molar-refractivity contribution in [3.8, 4) is 0 Å². The molecule has 0 saturated heterocycles. The Morgan fingerprint density at radius 1 is 0.778 bits per heavy atom. The lowest BCUT2D eigenvalue weighted by Gasteiger charge is -2.30. The predicted molar refractivity (Wildman–Crippen MR) is 46.2 cm³/mol. The second-order valence-electron chi connectivity index (χ2n) is 3.47. The first-order chi connectivity index (χ1) is 8.01. The maximum Gasteiger partial charge on any atom is 0.425 e. The highest BCUT2D eigenvalue weighted by atomic mass is 19.4. The van der Waals surface area contributed by atoms with Gasteiger partial charge in [-0.2, -0.15) is 30.7 Å². The molecule has 1 atom stereocenters. The Morgan fingerprint density at radius 3 is 1.61 bits per heavy atom. The Labute approximate surface area is 96.2 Å². The molecular weight excluding hydrogens is 272 g/mol. The molecule has 0 spiro atoms. The van der Waals surface area contributed by atoms with Gasteiger partial charge in [0.25, 0.3) is 6.17 Å². The van der Waals surface area contributed by atoms with Gasteiger partial charge in [-0.15, -0.1) is 0 Å². The van der Waals surface area contributed by atoms with Crippen LogP contribution in [0.5, 0.6) is 0 Å². The zero-order valence-corrected chi connectivity index (χ0v) is 8.49. The molecule has 0 saturated carbocycles. The summed E-state index contributed by atoms with van der Waals surface area (Å²) in [6.07, 6.45) is -11.0. The van der Waals surface area contributed by atoms with Crippen LogP contribution in [0.2, 0.25) is 0 Å².